The standard InChI is InChI=1S/C15H12BrClF2/c1-8-4-3-5-10(14(8)16)15(17)11-7-12(18)9(2)6-13(11)19/h3-7,15H,1-2H3. The highest BCUT2D eigenvalue weighted by molar-refractivity contribution is 9.10. The van der Waals surface area contributed by atoms with Crippen LogP contribution in [0.2, 0.25) is 0 Å². The Hall–Kier alpha value is -0.930. The molecule has 0 amide bonds. The quantitative estimate of drug-likeness (QED) is 0.615. The first kappa shape index (κ1) is 14.5. The average molecular weight is 346 g/mol. The first-order valence-electron chi connectivity index (χ1n) is 5.76. The summed E-state index contributed by atoms with van der Waals surface area (Å²) in [7, 11) is 0. The molecular weight excluding hydrogens is 334 g/mol. The van der Waals surface area contributed by atoms with Gasteiger partial charge in [0.1, 0.15) is 11.6 Å². The van der Waals surface area contributed by atoms with Crippen LogP contribution in [0.15, 0.2) is 34.8 Å². The molecule has 0 spiro atoms. The first-order chi connectivity index (χ1) is 8.91. The van der Waals surface area contributed by atoms with E-state index in [9.17, 15) is 8.78 Å². The van der Waals surface area contributed by atoms with Gasteiger partial charge in [-0.25, -0.2) is 8.78 Å². The number of hydrogen-bond donors (Lipinski definition) is 0. The molecule has 1 atom stereocenters. The third-order valence-corrected chi connectivity index (χ3v) is 4.60. The highest BCUT2D eigenvalue weighted by Crippen LogP contribution is 2.36. The van der Waals surface area contributed by atoms with Crippen LogP contribution >= 0.6 is 27.5 Å². The topological polar surface area (TPSA) is 0 Å². The fourth-order valence-electron chi connectivity index (χ4n) is 1.89. The van der Waals surface area contributed by atoms with Gasteiger partial charge in [-0.15, -0.1) is 11.6 Å². The van der Waals surface area contributed by atoms with Crippen molar-refractivity contribution in [3.63, 3.8) is 0 Å². The van der Waals surface area contributed by atoms with Crippen molar-refractivity contribution in [3.8, 4) is 0 Å². The van der Waals surface area contributed by atoms with E-state index in [1.165, 1.54) is 13.0 Å². The number of benzene rings is 2. The third-order valence-electron chi connectivity index (χ3n) is 3.05. The van der Waals surface area contributed by atoms with Crippen LogP contribution in [0.4, 0.5) is 8.78 Å². The number of aryl methyl sites for hydroxylation is 2. The number of alkyl halides is 1. The van der Waals surface area contributed by atoms with E-state index in [1.54, 1.807) is 6.07 Å². The van der Waals surface area contributed by atoms with Crippen molar-refractivity contribution >= 4 is 27.5 Å². The molecule has 2 rings (SSSR count). The summed E-state index contributed by atoms with van der Waals surface area (Å²) in [6.07, 6.45) is 0. The minimum atomic E-state index is -0.732. The first-order valence-corrected chi connectivity index (χ1v) is 6.99. The monoisotopic (exact) mass is 344 g/mol. The van der Waals surface area contributed by atoms with Crippen molar-refractivity contribution in [2.24, 2.45) is 0 Å². The molecule has 1 unspecified atom stereocenters. The molecule has 0 fully saturated rings. The maximum absolute atomic E-state index is 13.9. The van der Waals surface area contributed by atoms with E-state index < -0.39 is 17.0 Å². The van der Waals surface area contributed by atoms with Crippen LogP contribution in [-0.4, -0.2) is 0 Å². The molecule has 0 saturated heterocycles. The maximum atomic E-state index is 13.9. The van der Waals surface area contributed by atoms with Gasteiger partial charge in [0.05, 0.1) is 5.38 Å². The largest absolute Gasteiger partial charge is 0.207 e. The van der Waals surface area contributed by atoms with Crippen LogP contribution in [-0.2, 0) is 0 Å². The van der Waals surface area contributed by atoms with Gasteiger partial charge in [0, 0.05) is 10.0 Å². The van der Waals surface area contributed by atoms with Crippen LogP contribution in [0.5, 0.6) is 0 Å². The number of halogens is 4. The maximum Gasteiger partial charge on any atom is 0.128 e. The Morgan fingerprint density at radius 3 is 2.37 bits per heavy atom. The molecule has 100 valence electrons. The third kappa shape index (κ3) is 2.82. The summed E-state index contributed by atoms with van der Waals surface area (Å²) in [6, 6.07) is 7.89. The van der Waals surface area contributed by atoms with Crippen molar-refractivity contribution in [3.05, 3.63) is 68.7 Å². The van der Waals surface area contributed by atoms with E-state index >= 15 is 0 Å². The second-order valence-corrected chi connectivity index (χ2v) is 5.69. The van der Waals surface area contributed by atoms with E-state index in [0.717, 1.165) is 21.7 Å². The van der Waals surface area contributed by atoms with Gasteiger partial charge in [0.25, 0.3) is 0 Å². The van der Waals surface area contributed by atoms with Crippen molar-refractivity contribution in [2.75, 3.05) is 0 Å². The Labute approximate surface area is 124 Å². The molecule has 0 N–H and O–H groups in total. The van der Waals surface area contributed by atoms with E-state index in [4.69, 9.17) is 11.6 Å². The lowest BCUT2D eigenvalue weighted by atomic mass is 10.0. The zero-order valence-corrected chi connectivity index (χ0v) is 12.8. The Balaban J connectivity index is 2.53. The molecule has 0 aliphatic heterocycles. The zero-order chi connectivity index (χ0) is 14.2. The van der Waals surface area contributed by atoms with Gasteiger partial charge in [-0.1, -0.05) is 34.1 Å². The van der Waals surface area contributed by atoms with Crippen LogP contribution in [0.25, 0.3) is 0 Å². The van der Waals surface area contributed by atoms with Crippen molar-refractivity contribution in [1.29, 1.82) is 0 Å². The van der Waals surface area contributed by atoms with Crippen LogP contribution in [0, 0.1) is 25.5 Å². The Morgan fingerprint density at radius 2 is 1.68 bits per heavy atom. The Morgan fingerprint density at radius 1 is 1.00 bits per heavy atom. The van der Waals surface area contributed by atoms with Crippen molar-refractivity contribution in [2.45, 2.75) is 19.2 Å². The predicted molar refractivity (Wildman–Crippen MR) is 77.7 cm³/mol. The Kier molecular flexibility index (Phi) is 4.26. The molecule has 4 heteroatoms. The lowest BCUT2D eigenvalue weighted by Gasteiger charge is -2.15. The fraction of sp³-hybridized carbons (Fsp3) is 0.200. The van der Waals surface area contributed by atoms with Gasteiger partial charge in [-0.3, -0.25) is 0 Å². The molecular formula is C15H12BrClF2. The molecule has 0 nitrogen and oxygen atoms in total. The smallest absolute Gasteiger partial charge is 0.128 e. The van der Waals surface area contributed by atoms with Crippen molar-refractivity contribution in [1.82, 2.24) is 0 Å². The minimum Gasteiger partial charge on any atom is -0.207 e. The molecule has 0 aromatic heterocycles. The number of hydrogen-bond acceptors (Lipinski definition) is 0. The summed E-state index contributed by atoms with van der Waals surface area (Å²) in [5, 5.41) is -0.732. The molecule has 0 aliphatic carbocycles. The van der Waals surface area contributed by atoms with E-state index in [-0.39, 0.29) is 11.1 Å². The van der Waals surface area contributed by atoms with Gasteiger partial charge >= 0.3 is 0 Å². The highest BCUT2D eigenvalue weighted by atomic mass is 79.9. The molecule has 2 aromatic rings. The number of rotatable bonds is 2. The SMILES string of the molecule is Cc1cc(F)c(C(Cl)c2cccc(C)c2Br)cc1F. The summed E-state index contributed by atoms with van der Waals surface area (Å²) < 4.78 is 28.3. The van der Waals surface area contributed by atoms with Crippen LogP contribution < -0.4 is 0 Å². The molecule has 0 radical (unpaired) electrons. The van der Waals surface area contributed by atoms with Gasteiger partial charge in [0.15, 0.2) is 0 Å². The normalized spacial score (nSPS) is 12.5. The van der Waals surface area contributed by atoms with Gasteiger partial charge in [-0.2, -0.15) is 0 Å². The second kappa shape index (κ2) is 5.59. The minimum absolute atomic E-state index is 0.149. The fourth-order valence-corrected chi connectivity index (χ4v) is 2.86. The molecule has 0 aliphatic rings. The molecule has 0 bridgehead atoms. The van der Waals surface area contributed by atoms with E-state index in [0.29, 0.717) is 0 Å². The highest BCUT2D eigenvalue weighted by Gasteiger charge is 2.20. The summed E-state index contributed by atoms with van der Waals surface area (Å²) >= 11 is 9.74. The lowest BCUT2D eigenvalue weighted by Crippen LogP contribution is -2.01. The average Bonchev–Trinajstić information content (AvgIpc) is 2.36. The lowest BCUT2D eigenvalue weighted by molar-refractivity contribution is 0.580. The van der Waals surface area contributed by atoms with Crippen LogP contribution in [0.1, 0.15) is 27.6 Å². The molecule has 19 heavy (non-hydrogen) atoms. The summed E-state index contributed by atoms with van der Waals surface area (Å²) in [5.74, 6) is -0.946. The predicted octanol–water partition coefficient (Wildman–Crippen LogP) is 5.67. The summed E-state index contributed by atoms with van der Waals surface area (Å²) in [6.45, 7) is 3.44. The molecule has 0 saturated carbocycles. The van der Waals surface area contributed by atoms with Gasteiger partial charge < -0.3 is 0 Å². The summed E-state index contributed by atoms with van der Waals surface area (Å²) in [5.41, 5.74) is 2.14. The van der Waals surface area contributed by atoms with E-state index in [2.05, 4.69) is 15.9 Å². The second-order valence-electron chi connectivity index (χ2n) is 4.46. The van der Waals surface area contributed by atoms with E-state index in [1.807, 2.05) is 19.1 Å². The van der Waals surface area contributed by atoms with Crippen molar-refractivity contribution < 1.29 is 8.78 Å². The van der Waals surface area contributed by atoms with Gasteiger partial charge in [0.2, 0.25) is 0 Å². The molecule has 0 heterocycles. The van der Waals surface area contributed by atoms with Crippen LogP contribution in [0.3, 0.4) is 0 Å². The summed E-state index contributed by atoms with van der Waals surface area (Å²) in [4.78, 5) is 0. The Bertz CT molecular complexity index is 626. The zero-order valence-electron chi connectivity index (χ0n) is 10.5. The molecule has 2 aromatic carbocycles. The van der Waals surface area contributed by atoms with Gasteiger partial charge in [-0.05, 0) is 42.7 Å².